The summed E-state index contributed by atoms with van der Waals surface area (Å²) in [4.78, 5) is 11.1. The molecule has 4 heteroatoms. The van der Waals surface area contributed by atoms with E-state index < -0.39 is 12.1 Å². The Bertz CT molecular complexity index is 327. The molecule has 0 bridgehead atoms. The SMILES string of the molecule is COC(=O)c1ccc(C(O)CC(C)C)o1. The Morgan fingerprint density at radius 3 is 2.73 bits per heavy atom. The average Bonchev–Trinajstić information content (AvgIpc) is 2.64. The van der Waals surface area contributed by atoms with Crippen molar-refractivity contribution < 1.29 is 19.1 Å². The molecule has 1 aromatic heterocycles. The Balaban J connectivity index is 2.71. The lowest BCUT2D eigenvalue weighted by atomic mass is 10.0. The molecule has 15 heavy (non-hydrogen) atoms. The van der Waals surface area contributed by atoms with Crippen LogP contribution in [0.2, 0.25) is 0 Å². The summed E-state index contributed by atoms with van der Waals surface area (Å²) in [7, 11) is 1.29. The molecule has 0 amide bonds. The number of aliphatic hydroxyl groups excluding tert-OH is 1. The largest absolute Gasteiger partial charge is 0.463 e. The standard InChI is InChI=1S/C11H16O4/c1-7(2)6-8(12)9-4-5-10(15-9)11(13)14-3/h4-5,7-8,12H,6H2,1-3H3. The number of aliphatic hydroxyl groups is 1. The van der Waals surface area contributed by atoms with Gasteiger partial charge in [-0.2, -0.15) is 0 Å². The van der Waals surface area contributed by atoms with Crippen LogP contribution in [0.1, 0.15) is 42.7 Å². The third-order valence-corrected chi connectivity index (χ3v) is 2.04. The number of esters is 1. The third-order valence-electron chi connectivity index (χ3n) is 2.04. The summed E-state index contributed by atoms with van der Waals surface area (Å²) in [5.41, 5.74) is 0. The normalized spacial score (nSPS) is 12.9. The zero-order valence-corrected chi connectivity index (χ0v) is 9.19. The van der Waals surface area contributed by atoms with Gasteiger partial charge in [-0.25, -0.2) is 4.79 Å². The fourth-order valence-electron chi connectivity index (χ4n) is 1.30. The van der Waals surface area contributed by atoms with Crippen LogP contribution in [0.3, 0.4) is 0 Å². The molecule has 84 valence electrons. The zero-order chi connectivity index (χ0) is 11.4. The molecule has 0 aliphatic carbocycles. The lowest BCUT2D eigenvalue weighted by Crippen LogP contribution is -2.01. The molecule has 0 aliphatic rings. The highest BCUT2D eigenvalue weighted by Gasteiger charge is 2.17. The van der Waals surface area contributed by atoms with Crippen LogP contribution in [0, 0.1) is 5.92 Å². The summed E-state index contributed by atoms with van der Waals surface area (Å²) in [6.45, 7) is 4.01. The Kier molecular flexibility index (Phi) is 3.91. The van der Waals surface area contributed by atoms with Crippen molar-refractivity contribution in [2.24, 2.45) is 5.92 Å². The van der Waals surface area contributed by atoms with E-state index >= 15 is 0 Å². The maximum Gasteiger partial charge on any atom is 0.373 e. The first-order valence-corrected chi connectivity index (χ1v) is 4.90. The highest BCUT2D eigenvalue weighted by Crippen LogP contribution is 2.23. The Morgan fingerprint density at radius 1 is 1.53 bits per heavy atom. The maximum absolute atomic E-state index is 11.1. The molecule has 1 unspecified atom stereocenters. The minimum Gasteiger partial charge on any atom is -0.463 e. The average molecular weight is 212 g/mol. The molecule has 1 N–H and O–H groups in total. The molecule has 0 saturated heterocycles. The number of carbonyl (C=O) groups excluding carboxylic acids is 1. The molecule has 1 rings (SSSR count). The monoisotopic (exact) mass is 212 g/mol. The molecule has 1 atom stereocenters. The summed E-state index contributed by atoms with van der Waals surface area (Å²) < 4.78 is 9.67. The van der Waals surface area contributed by atoms with Crippen LogP contribution in [0.15, 0.2) is 16.5 Å². The Morgan fingerprint density at radius 2 is 2.20 bits per heavy atom. The van der Waals surface area contributed by atoms with Crippen LogP contribution in [0.25, 0.3) is 0 Å². The number of ether oxygens (including phenoxy) is 1. The van der Waals surface area contributed by atoms with Crippen LogP contribution in [0.4, 0.5) is 0 Å². The number of hydrogen-bond acceptors (Lipinski definition) is 4. The second-order valence-electron chi connectivity index (χ2n) is 3.84. The minimum atomic E-state index is -0.664. The van der Waals surface area contributed by atoms with Gasteiger partial charge >= 0.3 is 5.97 Å². The molecular weight excluding hydrogens is 196 g/mol. The predicted molar refractivity (Wildman–Crippen MR) is 54.5 cm³/mol. The fourth-order valence-corrected chi connectivity index (χ4v) is 1.30. The van der Waals surface area contributed by atoms with Gasteiger partial charge in [0.05, 0.1) is 7.11 Å². The fraction of sp³-hybridized carbons (Fsp3) is 0.545. The number of methoxy groups -OCH3 is 1. The highest BCUT2D eigenvalue weighted by molar-refractivity contribution is 5.86. The third kappa shape index (κ3) is 3.09. The van der Waals surface area contributed by atoms with Gasteiger partial charge in [-0.1, -0.05) is 13.8 Å². The van der Waals surface area contributed by atoms with Gasteiger partial charge in [0.1, 0.15) is 11.9 Å². The molecule has 0 aliphatic heterocycles. The maximum atomic E-state index is 11.1. The van der Waals surface area contributed by atoms with E-state index in [4.69, 9.17) is 4.42 Å². The quantitative estimate of drug-likeness (QED) is 0.777. The summed E-state index contributed by atoms with van der Waals surface area (Å²) >= 11 is 0. The molecule has 0 radical (unpaired) electrons. The highest BCUT2D eigenvalue weighted by atomic mass is 16.5. The van der Waals surface area contributed by atoms with Gasteiger partial charge in [0, 0.05) is 0 Å². The van der Waals surface area contributed by atoms with Gasteiger partial charge in [0.2, 0.25) is 5.76 Å². The summed E-state index contributed by atoms with van der Waals surface area (Å²) in [5.74, 6) is 0.365. The van der Waals surface area contributed by atoms with Crippen LogP contribution in [-0.2, 0) is 4.74 Å². The van der Waals surface area contributed by atoms with Gasteiger partial charge in [0.15, 0.2) is 0 Å². The zero-order valence-electron chi connectivity index (χ0n) is 9.19. The van der Waals surface area contributed by atoms with Gasteiger partial charge in [-0.15, -0.1) is 0 Å². The molecule has 0 saturated carbocycles. The van der Waals surface area contributed by atoms with Crippen molar-refractivity contribution in [3.8, 4) is 0 Å². The van der Waals surface area contributed by atoms with Crippen LogP contribution < -0.4 is 0 Å². The van der Waals surface area contributed by atoms with E-state index in [1.807, 2.05) is 13.8 Å². The smallest absolute Gasteiger partial charge is 0.373 e. The van der Waals surface area contributed by atoms with E-state index in [2.05, 4.69) is 4.74 Å². The van der Waals surface area contributed by atoms with E-state index in [0.717, 1.165) is 0 Å². The Hall–Kier alpha value is -1.29. The van der Waals surface area contributed by atoms with E-state index in [1.165, 1.54) is 13.2 Å². The predicted octanol–water partition coefficient (Wildman–Crippen LogP) is 2.15. The molecule has 0 aromatic carbocycles. The first-order chi connectivity index (χ1) is 7.04. The summed E-state index contributed by atoms with van der Waals surface area (Å²) in [6.07, 6.45) is -0.0582. The van der Waals surface area contributed by atoms with Crippen molar-refractivity contribution in [3.63, 3.8) is 0 Å². The van der Waals surface area contributed by atoms with Crippen molar-refractivity contribution in [2.45, 2.75) is 26.4 Å². The lowest BCUT2D eigenvalue weighted by molar-refractivity contribution is 0.0552. The molecular formula is C11H16O4. The van der Waals surface area contributed by atoms with Crippen molar-refractivity contribution in [1.82, 2.24) is 0 Å². The summed E-state index contributed by atoms with van der Waals surface area (Å²) in [5, 5.41) is 9.71. The second kappa shape index (κ2) is 4.98. The van der Waals surface area contributed by atoms with Crippen molar-refractivity contribution in [1.29, 1.82) is 0 Å². The molecule has 0 spiro atoms. The summed E-state index contributed by atoms with van der Waals surface area (Å²) in [6, 6.07) is 3.10. The number of rotatable bonds is 4. The topological polar surface area (TPSA) is 59.7 Å². The van der Waals surface area contributed by atoms with Crippen LogP contribution in [-0.4, -0.2) is 18.2 Å². The van der Waals surface area contributed by atoms with Crippen molar-refractivity contribution >= 4 is 5.97 Å². The van der Waals surface area contributed by atoms with E-state index in [1.54, 1.807) is 6.07 Å². The first kappa shape index (κ1) is 11.8. The molecule has 1 heterocycles. The van der Waals surface area contributed by atoms with Crippen molar-refractivity contribution in [2.75, 3.05) is 7.11 Å². The second-order valence-corrected chi connectivity index (χ2v) is 3.84. The van der Waals surface area contributed by atoms with Crippen molar-refractivity contribution in [3.05, 3.63) is 23.7 Å². The van der Waals surface area contributed by atoms with Crippen LogP contribution >= 0.6 is 0 Å². The molecule has 0 fully saturated rings. The first-order valence-electron chi connectivity index (χ1n) is 4.90. The van der Waals surface area contributed by atoms with E-state index in [-0.39, 0.29) is 5.76 Å². The Labute approximate surface area is 88.8 Å². The number of carbonyl (C=O) groups is 1. The van der Waals surface area contributed by atoms with Gasteiger partial charge in [-0.3, -0.25) is 0 Å². The lowest BCUT2D eigenvalue weighted by Gasteiger charge is -2.09. The van der Waals surface area contributed by atoms with E-state index in [0.29, 0.717) is 18.1 Å². The van der Waals surface area contributed by atoms with E-state index in [9.17, 15) is 9.90 Å². The number of furan rings is 1. The molecule has 1 aromatic rings. The van der Waals surface area contributed by atoms with Gasteiger partial charge in [0.25, 0.3) is 0 Å². The van der Waals surface area contributed by atoms with Gasteiger partial charge < -0.3 is 14.3 Å². The number of hydrogen-bond donors (Lipinski definition) is 1. The van der Waals surface area contributed by atoms with Gasteiger partial charge in [-0.05, 0) is 24.5 Å². The molecule has 4 nitrogen and oxygen atoms in total. The minimum absolute atomic E-state index is 0.121. The van der Waals surface area contributed by atoms with Crippen LogP contribution in [0.5, 0.6) is 0 Å².